The van der Waals surface area contributed by atoms with Gasteiger partial charge in [0, 0.05) is 41.7 Å². The van der Waals surface area contributed by atoms with Crippen LogP contribution < -0.4 is 5.32 Å². The van der Waals surface area contributed by atoms with Gasteiger partial charge in [-0.3, -0.25) is 19.7 Å². The van der Waals surface area contributed by atoms with E-state index in [1.807, 2.05) is 23.1 Å². The molecule has 1 saturated heterocycles. The Morgan fingerprint density at radius 3 is 2.97 bits per heavy atom. The normalized spacial score (nSPS) is 19.4. The predicted octanol–water partition coefficient (Wildman–Crippen LogP) is 2.26. The number of aromatic nitrogens is 5. The third-order valence-electron chi connectivity index (χ3n) is 6.78. The summed E-state index contributed by atoms with van der Waals surface area (Å²) >= 11 is 0. The second-order valence-corrected chi connectivity index (χ2v) is 8.41. The van der Waals surface area contributed by atoms with Gasteiger partial charge in [0.25, 0.3) is 11.8 Å². The van der Waals surface area contributed by atoms with Gasteiger partial charge in [0.05, 0.1) is 35.3 Å². The van der Waals surface area contributed by atoms with Crippen molar-refractivity contribution in [2.75, 3.05) is 13.1 Å². The molecule has 1 atom stereocenters. The number of fused-ring (bicyclic) bond motifs is 2. The van der Waals surface area contributed by atoms with Gasteiger partial charge in [0.2, 0.25) is 0 Å². The molecule has 2 fully saturated rings. The second kappa shape index (κ2) is 6.63. The maximum atomic E-state index is 13.3. The van der Waals surface area contributed by atoms with E-state index in [0.717, 1.165) is 35.7 Å². The van der Waals surface area contributed by atoms with Crippen molar-refractivity contribution in [1.82, 2.24) is 35.4 Å². The molecule has 0 bridgehead atoms. The number of aromatic amines is 2. The Hall–Kier alpha value is -3.75. The number of rotatable bonds is 4. The summed E-state index contributed by atoms with van der Waals surface area (Å²) in [6, 6.07) is 5.64. The van der Waals surface area contributed by atoms with Gasteiger partial charge in [-0.25, -0.2) is 4.98 Å². The number of pyridine rings is 1. The summed E-state index contributed by atoms with van der Waals surface area (Å²) in [7, 11) is 0. The SMILES string of the molecule is O=C(NCC1CCN(C(=O)c2ccc3[nH]ncc3c2)C12CC2)c1cncc2[nH]cnc12. The third-order valence-corrected chi connectivity index (χ3v) is 6.78. The third kappa shape index (κ3) is 2.80. The van der Waals surface area contributed by atoms with E-state index < -0.39 is 0 Å². The summed E-state index contributed by atoms with van der Waals surface area (Å²) in [4.78, 5) is 39.4. The van der Waals surface area contributed by atoms with Gasteiger partial charge in [0.15, 0.2) is 0 Å². The van der Waals surface area contributed by atoms with Crippen LogP contribution in [0.3, 0.4) is 0 Å². The highest BCUT2D eigenvalue weighted by Crippen LogP contribution is 2.53. The standard InChI is InChI=1S/C22H21N7O2/c30-20(16-10-23-11-18-19(16)26-12-25-18)24-9-15-3-6-29(22(15)4-5-22)21(31)13-1-2-17-14(7-13)8-27-28-17/h1-2,7-8,10-12,15H,3-6,9H2,(H,24,30)(H,25,26)(H,27,28). The average molecular weight is 415 g/mol. The van der Waals surface area contributed by atoms with Crippen molar-refractivity contribution in [3.8, 4) is 0 Å². The van der Waals surface area contributed by atoms with Gasteiger partial charge in [-0.15, -0.1) is 0 Å². The molecule has 9 nitrogen and oxygen atoms in total. The van der Waals surface area contributed by atoms with Gasteiger partial charge in [-0.1, -0.05) is 0 Å². The lowest BCUT2D eigenvalue weighted by molar-refractivity contribution is 0.0693. The smallest absolute Gasteiger partial charge is 0.255 e. The van der Waals surface area contributed by atoms with Crippen LogP contribution in [0.2, 0.25) is 0 Å². The number of nitrogens with one attached hydrogen (secondary N) is 3. The van der Waals surface area contributed by atoms with Crippen molar-refractivity contribution >= 4 is 33.8 Å². The number of hydrogen-bond donors (Lipinski definition) is 3. The largest absolute Gasteiger partial charge is 0.352 e. The van der Waals surface area contributed by atoms with E-state index in [9.17, 15) is 9.59 Å². The van der Waals surface area contributed by atoms with Gasteiger partial charge in [0.1, 0.15) is 5.52 Å². The van der Waals surface area contributed by atoms with Crippen LogP contribution in [0, 0.1) is 5.92 Å². The number of imidazole rings is 1. The van der Waals surface area contributed by atoms with E-state index in [0.29, 0.717) is 29.7 Å². The zero-order valence-electron chi connectivity index (χ0n) is 16.8. The molecule has 4 heterocycles. The van der Waals surface area contributed by atoms with E-state index in [1.165, 1.54) is 0 Å². The Bertz CT molecular complexity index is 1320. The van der Waals surface area contributed by atoms with Crippen LogP contribution in [0.15, 0.2) is 43.1 Å². The van der Waals surface area contributed by atoms with Gasteiger partial charge < -0.3 is 15.2 Å². The number of amides is 2. The van der Waals surface area contributed by atoms with E-state index in [2.05, 4.69) is 30.5 Å². The molecule has 1 saturated carbocycles. The fraction of sp³-hybridized carbons (Fsp3) is 0.318. The first-order valence-electron chi connectivity index (χ1n) is 10.5. The molecule has 9 heteroatoms. The highest BCUT2D eigenvalue weighted by atomic mass is 16.2. The van der Waals surface area contributed by atoms with Crippen molar-refractivity contribution in [2.24, 2.45) is 5.92 Å². The molecule has 1 spiro atoms. The molecule has 6 rings (SSSR count). The number of hydrogen-bond acceptors (Lipinski definition) is 5. The Kier molecular flexibility index (Phi) is 3.86. The van der Waals surface area contributed by atoms with Crippen molar-refractivity contribution in [3.63, 3.8) is 0 Å². The minimum absolute atomic E-state index is 0.0555. The first-order chi connectivity index (χ1) is 15.2. The number of H-pyrrole nitrogens is 2. The van der Waals surface area contributed by atoms with Gasteiger partial charge in [-0.05, 0) is 37.5 Å². The molecule has 2 amide bonds. The minimum atomic E-state index is -0.184. The first-order valence-corrected chi connectivity index (χ1v) is 10.5. The summed E-state index contributed by atoms with van der Waals surface area (Å²) in [5, 5.41) is 10.9. The molecule has 31 heavy (non-hydrogen) atoms. The maximum Gasteiger partial charge on any atom is 0.255 e. The van der Waals surface area contributed by atoms with Crippen LogP contribution >= 0.6 is 0 Å². The zero-order chi connectivity index (χ0) is 21.0. The van der Waals surface area contributed by atoms with Crippen molar-refractivity contribution in [1.29, 1.82) is 0 Å². The van der Waals surface area contributed by atoms with E-state index >= 15 is 0 Å². The molecule has 3 aromatic heterocycles. The number of benzene rings is 1. The molecule has 1 aromatic carbocycles. The summed E-state index contributed by atoms with van der Waals surface area (Å²) in [6.45, 7) is 1.24. The molecule has 2 aliphatic rings. The molecule has 4 aromatic rings. The van der Waals surface area contributed by atoms with Gasteiger partial charge >= 0.3 is 0 Å². The molecule has 156 valence electrons. The highest BCUT2D eigenvalue weighted by Gasteiger charge is 2.58. The number of carbonyl (C=O) groups excluding carboxylic acids is 2. The van der Waals surface area contributed by atoms with Crippen LogP contribution in [-0.2, 0) is 0 Å². The number of likely N-dealkylation sites (tertiary alicyclic amines) is 1. The van der Waals surface area contributed by atoms with E-state index in [-0.39, 0.29) is 23.3 Å². The van der Waals surface area contributed by atoms with E-state index in [4.69, 9.17) is 0 Å². The maximum absolute atomic E-state index is 13.3. The lowest BCUT2D eigenvalue weighted by Gasteiger charge is -2.28. The van der Waals surface area contributed by atoms with Crippen molar-refractivity contribution in [2.45, 2.75) is 24.8 Å². The Labute approximate surface area is 177 Å². The summed E-state index contributed by atoms with van der Waals surface area (Å²) in [5.74, 6) is 0.112. The monoisotopic (exact) mass is 415 g/mol. The topological polar surface area (TPSA) is 120 Å². The lowest BCUT2D eigenvalue weighted by atomic mass is 9.97. The molecule has 0 radical (unpaired) electrons. The molecule has 1 aliphatic carbocycles. The quantitative estimate of drug-likeness (QED) is 0.472. The number of carbonyl (C=O) groups is 2. The highest BCUT2D eigenvalue weighted by molar-refractivity contribution is 6.04. The van der Waals surface area contributed by atoms with Crippen LogP contribution in [0.1, 0.15) is 40.0 Å². The van der Waals surface area contributed by atoms with Gasteiger partial charge in [-0.2, -0.15) is 5.10 Å². The fourth-order valence-electron chi connectivity index (χ4n) is 4.97. The summed E-state index contributed by atoms with van der Waals surface area (Å²) < 4.78 is 0. The van der Waals surface area contributed by atoms with Crippen LogP contribution in [-0.4, -0.2) is 60.5 Å². The average Bonchev–Trinajstić information content (AvgIpc) is 3.14. The van der Waals surface area contributed by atoms with Crippen molar-refractivity contribution < 1.29 is 9.59 Å². The Morgan fingerprint density at radius 2 is 2.10 bits per heavy atom. The second-order valence-electron chi connectivity index (χ2n) is 8.41. The molecular weight excluding hydrogens is 394 g/mol. The zero-order valence-corrected chi connectivity index (χ0v) is 16.8. The summed E-state index contributed by atoms with van der Waals surface area (Å²) in [5.41, 5.74) is 3.27. The predicted molar refractivity (Wildman–Crippen MR) is 113 cm³/mol. The van der Waals surface area contributed by atoms with Crippen LogP contribution in [0.5, 0.6) is 0 Å². The summed E-state index contributed by atoms with van der Waals surface area (Å²) in [6.07, 6.45) is 9.32. The first kappa shape index (κ1) is 18.1. The molecular formula is C22H21N7O2. The van der Waals surface area contributed by atoms with E-state index in [1.54, 1.807) is 24.9 Å². The minimum Gasteiger partial charge on any atom is -0.352 e. The Morgan fingerprint density at radius 1 is 1.19 bits per heavy atom. The molecule has 1 aliphatic heterocycles. The fourth-order valence-corrected chi connectivity index (χ4v) is 4.97. The van der Waals surface area contributed by atoms with Crippen molar-refractivity contribution in [3.05, 3.63) is 54.2 Å². The lowest BCUT2D eigenvalue weighted by Crippen LogP contribution is -2.43. The number of nitrogens with zero attached hydrogens (tertiary/aromatic N) is 4. The molecule has 1 unspecified atom stereocenters. The molecule has 3 N–H and O–H groups in total. The van der Waals surface area contributed by atoms with Crippen LogP contribution in [0.25, 0.3) is 21.9 Å². The van der Waals surface area contributed by atoms with Crippen LogP contribution in [0.4, 0.5) is 0 Å². The Balaban J connectivity index is 1.18.